The zero-order valence-electron chi connectivity index (χ0n) is 8.02. The number of rotatable bonds is 3. The van der Waals surface area contributed by atoms with E-state index in [0.29, 0.717) is 0 Å². The molecular weight excluding hydrogens is 188 g/mol. The molecule has 0 aromatic carbocycles. The van der Waals surface area contributed by atoms with Crippen molar-refractivity contribution in [2.24, 2.45) is 0 Å². The van der Waals surface area contributed by atoms with Crippen LogP contribution < -0.4 is 0 Å². The molecule has 0 unspecified atom stereocenters. The predicted octanol–water partition coefficient (Wildman–Crippen LogP) is -0.218. The normalized spacial score (nSPS) is 24.2. The van der Waals surface area contributed by atoms with Gasteiger partial charge in [-0.25, -0.2) is 9.59 Å². The highest BCUT2D eigenvalue weighted by atomic mass is 16.6. The van der Waals surface area contributed by atoms with Crippen LogP contribution >= 0.6 is 0 Å². The summed E-state index contributed by atoms with van der Waals surface area (Å²) in [4.78, 5) is 22.0. The molecule has 1 aliphatic heterocycles. The summed E-state index contributed by atoms with van der Waals surface area (Å²) in [5, 5.41) is 9.90. The highest BCUT2D eigenvalue weighted by Crippen LogP contribution is 2.24. The summed E-state index contributed by atoms with van der Waals surface area (Å²) in [5.74, 6) is -1.37. The number of esters is 2. The molecule has 0 spiro atoms. The molecule has 1 heterocycles. The SMILES string of the molecule is CC[C@](O)(C(=O)OC)[C@H]1C=CC(=O)O1. The van der Waals surface area contributed by atoms with Crippen molar-refractivity contribution in [3.63, 3.8) is 0 Å². The molecule has 0 aliphatic carbocycles. The van der Waals surface area contributed by atoms with Crippen LogP contribution in [0.4, 0.5) is 0 Å². The van der Waals surface area contributed by atoms with Crippen molar-refractivity contribution >= 4 is 11.9 Å². The van der Waals surface area contributed by atoms with Gasteiger partial charge in [-0.05, 0) is 12.5 Å². The van der Waals surface area contributed by atoms with Crippen LogP contribution in [0.3, 0.4) is 0 Å². The van der Waals surface area contributed by atoms with Crippen LogP contribution in [0, 0.1) is 0 Å². The van der Waals surface area contributed by atoms with E-state index >= 15 is 0 Å². The van der Waals surface area contributed by atoms with Crippen molar-refractivity contribution in [2.75, 3.05) is 7.11 Å². The Morgan fingerprint density at radius 2 is 2.43 bits per heavy atom. The highest BCUT2D eigenvalue weighted by molar-refractivity contribution is 5.87. The quantitative estimate of drug-likeness (QED) is 0.638. The molecule has 1 rings (SSSR count). The van der Waals surface area contributed by atoms with Crippen LogP contribution in [-0.4, -0.2) is 35.9 Å². The van der Waals surface area contributed by atoms with Gasteiger partial charge in [0.2, 0.25) is 5.60 Å². The third-order valence-corrected chi connectivity index (χ3v) is 2.20. The van der Waals surface area contributed by atoms with E-state index in [1.165, 1.54) is 19.3 Å². The van der Waals surface area contributed by atoms with E-state index in [9.17, 15) is 14.7 Å². The molecule has 0 amide bonds. The number of carbonyl (C=O) groups is 2. The van der Waals surface area contributed by atoms with Gasteiger partial charge in [-0.1, -0.05) is 6.92 Å². The summed E-state index contributed by atoms with van der Waals surface area (Å²) in [6.07, 6.45) is 1.69. The molecule has 5 heteroatoms. The van der Waals surface area contributed by atoms with E-state index in [1.54, 1.807) is 6.92 Å². The summed E-state index contributed by atoms with van der Waals surface area (Å²) < 4.78 is 9.18. The Balaban J connectivity index is 2.85. The third-order valence-electron chi connectivity index (χ3n) is 2.20. The van der Waals surface area contributed by atoms with Crippen molar-refractivity contribution in [3.8, 4) is 0 Å². The van der Waals surface area contributed by atoms with Gasteiger partial charge in [-0.3, -0.25) is 0 Å². The highest BCUT2D eigenvalue weighted by Gasteiger charge is 2.46. The molecule has 1 N–H and O–H groups in total. The number of aliphatic hydroxyl groups is 1. The van der Waals surface area contributed by atoms with E-state index in [2.05, 4.69) is 4.74 Å². The second kappa shape index (κ2) is 3.79. The molecule has 5 nitrogen and oxygen atoms in total. The second-order valence-electron chi connectivity index (χ2n) is 2.99. The zero-order chi connectivity index (χ0) is 10.8. The van der Waals surface area contributed by atoms with E-state index in [-0.39, 0.29) is 6.42 Å². The monoisotopic (exact) mass is 200 g/mol. The first-order valence-corrected chi connectivity index (χ1v) is 4.24. The van der Waals surface area contributed by atoms with Crippen molar-refractivity contribution in [3.05, 3.63) is 12.2 Å². The molecule has 1 aliphatic rings. The van der Waals surface area contributed by atoms with Gasteiger partial charge in [0.05, 0.1) is 7.11 Å². The van der Waals surface area contributed by atoms with Crippen LogP contribution in [0.25, 0.3) is 0 Å². The summed E-state index contributed by atoms with van der Waals surface area (Å²) in [6, 6.07) is 0. The first-order valence-electron chi connectivity index (χ1n) is 4.24. The molecule has 0 saturated heterocycles. The van der Waals surface area contributed by atoms with Crippen LogP contribution in [0.5, 0.6) is 0 Å². The molecule has 0 saturated carbocycles. The summed E-state index contributed by atoms with van der Waals surface area (Å²) in [5.41, 5.74) is -1.78. The lowest BCUT2D eigenvalue weighted by molar-refractivity contribution is -0.177. The molecule has 0 bridgehead atoms. The summed E-state index contributed by atoms with van der Waals surface area (Å²) >= 11 is 0. The zero-order valence-corrected chi connectivity index (χ0v) is 8.02. The molecule has 14 heavy (non-hydrogen) atoms. The van der Waals surface area contributed by atoms with Crippen molar-refractivity contribution in [1.29, 1.82) is 0 Å². The van der Waals surface area contributed by atoms with Crippen molar-refractivity contribution < 1.29 is 24.2 Å². The number of hydrogen-bond acceptors (Lipinski definition) is 5. The maximum absolute atomic E-state index is 11.3. The van der Waals surface area contributed by atoms with Gasteiger partial charge in [0.25, 0.3) is 0 Å². The van der Waals surface area contributed by atoms with E-state index in [4.69, 9.17) is 4.74 Å². The lowest BCUT2D eigenvalue weighted by Crippen LogP contribution is -2.49. The number of methoxy groups -OCH3 is 1. The maximum Gasteiger partial charge on any atom is 0.342 e. The first kappa shape index (κ1) is 10.7. The third kappa shape index (κ3) is 1.63. The minimum atomic E-state index is -1.78. The average molecular weight is 200 g/mol. The number of carbonyl (C=O) groups excluding carboxylic acids is 2. The van der Waals surface area contributed by atoms with Crippen LogP contribution in [-0.2, 0) is 19.1 Å². The van der Waals surface area contributed by atoms with E-state index in [1.807, 2.05) is 0 Å². The largest absolute Gasteiger partial charge is 0.467 e. The minimum absolute atomic E-state index is 0.113. The van der Waals surface area contributed by atoms with E-state index < -0.39 is 23.6 Å². The Labute approximate surface area is 81.3 Å². The fraction of sp³-hybridized carbons (Fsp3) is 0.556. The lowest BCUT2D eigenvalue weighted by atomic mass is 9.94. The van der Waals surface area contributed by atoms with Crippen LogP contribution in [0.1, 0.15) is 13.3 Å². The Bertz CT molecular complexity index is 283. The Morgan fingerprint density at radius 1 is 1.79 bits per heavy atom. The van der Waals surface area contributed by atoms with Gasteiger partial charge >= 0.3 is 11.9 Å². The predicted molar refractivity (Wildman–Crippen MR) is 46.3 cm³/mol. The summed E-state index contributed by atoms with van der Waals surface area (Å²) in [6.45, 7) is 1.61. The fourth-order valence-corrected chi connectivity index (χ4v) is 1.26. The van der Waals surface area contributed by atoms with Gasteiger partial charge < -0.3 is 14.6 Å². The molecule has 0 radical (unpaired) electrons. The van der Waals surface area contributed by atoms with Gasteiger partial charge in [-0.15, -0.1) is 0 Å². The molecule has 78 valence electrons. The van der Waals surface area contributed by atoms with Gasteiger partial charge in [0.1, 0.15) is 0 Å². The van der Waals surface area contributed by atoms with Crippen LogP contribution in [0.2, 0.25) is 0 Å². The minimum Gasteiger partial charge on any atom is -0.467 e. The molecule has 2 atom stereocenters. The van der Waals surface area contributed by atoms with E-state index in [0.717, 1.165) is 0 Å². The van der Waals surface area contributed by atoms with Gasteiger partial charge in [0, 0.05) is 6.08 Å². The number of hydrogen-bond donors (Lipinski definition) is 1. The smallest absolute Gasteiger partial charge is 0.342 e. The Kier molecular flexibility index (Phi) is 2.90. The maximum atomic E-state index is 11.3. The summed E-state index contributed by atoms with van der Waals surface area (Å²) in [7, 11) is 1.17. The Hall–Kier alpha value is -1.36. The van der Waals surface area contributed by atoms with Gasteiger partial charge in [0.15, 0.2) is 6.10 Å². The first-order chi connectivity index (χ1) is 6.54. The van der Waals surface area contributed by atoms with Crippen molar-refractivity contribution in [2.45, 2.75) is 25.0 Å². The van der Waals surface area contributed by atoms with Gasteiger partial charge in [-0.2, -0.15) is 0 Å². The average Bonchev–Trinajstić information content (AvgIpc) is 2.62. The van der Waals surface area contributed by atoms with Crippen molar-refractivity contribution in [1.82, 2.24) is 0 Å². The molecule has 0 aromatic heterocycles. The second-order valence-corrected chi connectivity index (χ2v) is 2.99. The standard InChI is InChI=1S/C9H12O5/c1-3-9(12,8(11)13-2)6-4-5-7(10)14-6/h4-6,12H,3H2,1-2H3/t6-,9-/m1/s1. The number of cyclic esters (lactones) is 1. The topological polar surface area (TPSA) is 72.8 Å². The molecule has 0 aromatic rings. The molecule has 0 fully saturated rings. The van der Waals surface area contributed by atoms with Crippen LogP contribution in [0.15, 0.2) is 12.2 Å². The number of ether oxygens (including phenoxy) is 2. The fourth-order valence-electron chi connectivity index (χ4n) is 1.26. The Morgan fingerprint density at radius 3 is 2.79 bits per heavy atom. The lowest BCUT2D eigenvalue weighted by Gasteiger charge is -2.27. The molecular formula is C9H12O5.